The topological polar surface area (TPSA) is 173 Å². The third-order valence-electron chi connectivity index (χ3n) is 8.18. The lowest BCUT2D eigenvalue weighted by atomic mass is 9.95. The molecule has 0 bridgehead atoms. The molecule has 0 spiro atoms. The molecule has 1 aliphatic rings. The number of carboxylic acids is 2. The Morgan fingerprint density at radius 1 is 0.898 bits per heavy atom. The molecule has 244 valence electrons. The van der Waals surface area contributed by atoms with E-state index in [1.165, 1.54) is 5.56 Å². The summed E-state index contributed by atoms with van der Waals surface area (Å²) in [5.41, 5.74) is 7.53. The Hall–Kier alpha value is -6.45. The van der Waals surface area contributed by atoms with E-state index in [1.807, 2.05) is 54.7 Å². The number of carboxylic acid groups (broad SMARTS) is 2. The van der Waals surface area contributed by atoms with E-state index in [2.05, 4.69) is 66.9 Å². The molecule has 7 rings (SSSR count). The molecule has 4 aromatic heterocycles. The van der Waals surface area contributed by atoms with E-state index < -0.39 is 11.9 Å². The van der Waals surface area contributed by atoms with E-state index >= 15 is 0 Å². The van der Waals surface area contributed by atoms with Gasteiger partial charge in [0.25, 0.3) is 0 Å². The SMILES string of the molecule is N#Cc1ccn2c(-c3ccccc3)c(-c3ccc(CN4CCC(c5nc(-c6ccccn6)n[nH]5)CC4)cc3)nc2c1.O=C(O)/C=C/C(=O)O. The lowest BCUT2D eigenvalue weighted by molar-refractivity contribution is -0.134. The second-order valence-corrected chi connectivity index (χ2v) is 11.4. The van der Waals surface area contributed by atoms with Crippen molar-refractivity contribution in [1.82, 2.24) is 34.4 Å². The van der Waals surface area contributed by atoms with E-state index in [0.29, 0.717) is 29.5 Å². The molecule has 6 aromatic rings. The number of nitriles is 1. The van der Waals surface area contributed by atoms with Gasteiger partial charge in [0.15, 0.2) is 5.82 Å². The lowest BCUT2D eigenvalue weighted by Gasteiger charge is -2.30. The molecule has 0 atom stereocenters. The second kappa shape index (κ2) is 15.0. The van der Waals surface area contributed by atoms with Crippen LogP contribution < -0.4 is 0 Å². The van der Waals surface area contributed by atoms with Crippen LogP contribution in [0.3, 0.4) is 0 Å². The fourth-order valence-corrected chi connectivity index (χ4v) is 5.79. The molecule has 49 heavy (non-hydrogen) atoms. The van der Waals surface area contributed by atoms with Crippen molar-refractivity contribution in [2.24, 2.45) is 0 Å². The van der Waals surface area contributed by atoms with Gasteiger partial charge in [0.1, 0.15) is 17.2 Å². The normalized spacial score (nSPS) is 13.5. The number of imidazole rings is 1. The molecule has 0 aliphatic carbocycles. The average molecular weight is 653 g/mol. The number of hydrogen-bond acceptors (Lipinski definition) is 8. The number of piperidine rings is 1. The molecule has 1 saturated heterocycles. The zero-order valence-corrected chi connectivity index (χ0v) is 26.3. The van der Waals surface area contributed by atoms with Gasteiger partial charge in [0.05, 0.1) is 23.0 Å². The van der Waals surface area contributed by atoms with Crippen molar-refractivity contribution in [2.45, 2.75) is 25.3 Å². The quantitative estimate of drug-likeness (QED) is 0.170. The molecule has 0 radical (unpaired) electrons. The van der Waals surface area contributed by atoms with E-state index in [-0.39, 0.29) is 0 Å². The number of carbonyl (C=O) groups is 2. The van der Waals surface area contributed by atoms with Crippen LogP contribution in [0.25, 0.3) is 39.7 Å². The van der Waals surface area contributed by atoms with Crippen molar-refractivity contribution in [3.63, 3.8) is 0 Å². The molecule has 1 aliphatic heterocycles. The average Bonchev–Trinajstić information content (AvgIpc) is 3.78. The van der Waals surface area contributed by atoms with Gasteiger partial charge >= 0.3 is 11.9 Å². The summed E-state index contributed by atoms with van der Waals surface area (Å²) in [6.45, 7) is 2.93. The van der Waals surface area contributed by atoms with E-state index in [4.69, 9.17) is 20.2 Å². The van der Waals surface area contributed by atoms with Gasteiger partial charge in [-0.15, -0.1) is 0 Å². The van der Waals surface area contributed by atoms with Gasteiger partial charge in [-0.2, -0.15) is 10.4 Å². The molecule has 12 nitrogen and oxygen atoms in total. The number of nitrogens with one attached hydrogen (secondary N) is 1. The van der Waals surface area contributed by atoms with Gasteiger partial charge in [0.2, 0.25) is 0 Å². The van der Waals surface area contributed by atoms with Crippen LogP contribution in [0.2, 0.25) is 0 Å². The molecule has 3 N–H and O–H groups in total. The highest BCUT2D eigenvalue weighted by molar-refractivity contribution is 5.89. The zero-order chi connectivity index (χ0) is 34.2. The number of aromatic nitrogens is 6. The molecular formula is C37H32N8O4. The van der Waals surface area contributed by atoms with Crippen LogP contribution in [0, 0.1) is 11.3 Å². The predicted molar refractivity (Wildman–Crippen MR) is 182 cm³/mol. The fourth-order valence-electron chi connectivity index (χ4n) is 5.79. The van der Waals surface area contributed by atoms with Crippen LogP contribution in [0.15, 0.2) is 109 Å². The summed E-state index contributed by atoms with van der Waals surface area (Å²) in [7, 11) is 0. The number of pyridine rings is 2. The first-order chi connectivity index (χ1) is 23.9. The number of rotatable bonds is 8. The first-order valence-corrected chi connectivity index (χ1v) is 15.6. The monoisotopic (exact) mass is 652 g/mol. The highest BCUT2D eigenvalue weighted by Crippen LogP contribution is 2.34. The number of nitrogens with zero attached hydrogens (tertiary/aromatic N) is 7. The number of aliphatic carboxylic acids is 2. The standard InChI is InChI=1S/C33H28N8.C4H4O4/c34-21-24-13-19-41-29(20-24)36-30(31(41)26-6-2-1-3-7-26)25-11-9-23(10-12-25)22-40-17-14-27(15-18-40)32-37-33(39-38-32)28-8-4-5-16-35-28;5-3(6)1-2-4(7)8/h1-13,16,19-20,27H,14-15,17-18,22H2,(H,37,38,39);1-2H,(H,5,6)(H,7,8)/b;2-1+. The lowest BCUT2D eigenvalue weighted by Crippen LogP contribution is -2.32. The molecular weight excluding hydrogens is 620 g/mol. The predicted octanol–water partition coefficient (Wildman–Crippen LogP) is 5.81. The van der Waals surface area contributed by atoms with Crippen LogP contribution in [-0.2, 0) is 16.1 Å². The number of likely N-dealkylation sites (tertiary alicyclic amines) is 1. The summed E-state index contributed by atoms with van der Waals surface area (Å²) in [5.74, 6) is -0.515. The van der Waals surface area contributed by atoms with Crippen LogP contribution in [-0.4, -0.2) is 69.7 Å². The van der Waals surface area contributed by atoms with Crippen molar-refractivity contribution in [3.05, 3.63) is 126 Å². The van der Waals surface area contributed by atoms with Crippen molar-refractivity contribution < 1.29 is 19.8 Å². The minimum absolute atomic E-state index is 0.381. The Bertz CT molecular complexity index is 2110. The van der Waals surface area contributed by atoms with Crippen molar-refractivity contribution in [3.8, 4) is 40.1 Å². The second-order valence-electron chi connectivity index (χ2n) is 11.4. The van der Waals surface area contributed by atoms with Crippen LogP contribution in [0.1, 0.15) is 35.7 Å². The van der Waals surface area contributed by atoms with Crippen LogP contribution in [0.5, 0.6) is 0 Å². The summed E-state index contributed by atoms with van der Waals surface area (Å²) in [6.07, 6.45) is 6.90. The highest BCUT2D eigenvalue weighted by Gasteiger charge is 2.24. The minimum Gasteiger partial charge on any atom is -0.478 e. The maximum Gasteiger partial charge on any atom is 0.328 e. The van der Waals surface area contributed by atoms with E-state index in [9.17, 15) is 14.9 Å². The van der Waals surface area contributed by atoms with Crippen LogP contribution >= 0.6 is 0 Å². The molecule has 0 saturated carbocycles. The summed E-state index contributed by atoms with van der Waals surface area (Å²) >= 11 is 0. The Labute approximate surface area is 281 Å². The Kier molecular flexibility index (Phi) is 9.93. The zero-order valence-electron chi connectivity index (χ0n) is 26.3. The Morgan fingerprint density at radius 3 is 2.27 bits per heavy atom. The smallest absolute Gasteiger partial charge is 0.328 e. The van der Waals surface area contributed by atoms with Crippen molar-refractivity contribution >= 4 is 17.6 Å². The molecule has 2 aromatic carbocycles. The van der Waals surface area contributed by atoms with Gasteiger partial charge in [0, 0.05) is 48.1 Å². The molecule has 12 heteroatoms. The van der Waals surface area contributed by atoms with E-state index in [0.717, 1.165) is 72.2 Å². The molecule has 0 unspecified atom stereocenters. The third-order valence-corrected chi connectivity index (χ3v) is 8.18. The summed E-state index contributed by atoms with van der Waals surface area (Å²) in [4.78, 5) is 35.7. The minimum atomic E-state index is -1.26. The fraction of sp³-hybridized carbons (Fsp3) is 0.162. The van der Waals surface area contributed by atoms with E-state index in [1.54, 1.807) is 6.20 Å². The molecule has 5 heterocycles. The van der Waals surface area contributed by atoms with Gasteiger partial charge < -0.3 is 10.2 Å². The maximum absolute atomic E-state index is 9.55. The van der Waals surface area contributed by atoms with Crippen molar-refractivity contribution in [1.29, 1.82) is 5.26 Å². The number of fused-ring (bicyclic) bond motifs is 1. The maximum atomic E-state index is 9.55. The first kappa shape index (κ1) is 32.5. The summed E-state index contributed by atoms with van der Waals surface area (Å²) in [6, 6.07) is 30.7. The van der Waals surface area contributed by atoms with Crippen molar-refractivity contribution in [2.75, 3.05) is 13.1 Å². The van der Waals surface area contributed by atoms with Crippen LogP contribution in [0.4, 0.5) is 0 Å². The highest BCUT2D eigenvalue weighted by atomic mass is 16.4. The Morgan fingerprint density at radius 2 is 1.61 bits per heavy atom. The Balaban J connectivity index is 0.000000466. The summed E-state index contributed by atoms with van der Waals surface area (Å²) < 4.78 is 2.07. The number of benzene rings is 2. The number of aromatic amines is 1. The summed E-state index contributed by atoms with van der Waals surface area (Å²) in [5, 5.41) is 32.6. The van der Waals surface area contributed by atoms with Gasteiger partial charge in [-0.25, -0.2) is 19.6 Å². The largest absolute Gasteiger partial charge is 0.478 e. The molecule has 0 amide bonds. The molecule has 1 fully saturated rings. The number of hydrogen-bond donors (Lipinski definition) is 3. The van der Waals surface area contributed by atoms with Gasteiger partial charge in [-0.05, 0) is 55.8 Å². The first-order valence-electron chi connectivity index (χ1n) is 15.6. The van der Waals surface area contributed by atoms with Gasteiger partial charge in [-0.3, -0.25) is 19.4 Å². The third kappa shape index (κ3) is 7.93. The number of H-pyrrole nitrogens is 1. The van der Waals surface area contributed by atoms with Gasteiger partial charge in [-0.1, -0.05) is 60.7 Å².